The first kappa shape index (κ1) is 12.4. The van der Waals surface area contributed by atoms with Crippen LogP contribution in [0.5, 0.6) is 0 Å². The minimum Gasteiger partial charge on any atom is -0.481 e. The molecule has 0 saturated heterocycles. The Morgan fingerprint density at radius 1 is 1.56 bits per heavy atom. The molecule has 1 aromatic rings. The quantitative estimate of drug-likeness (QED) is 0.766. The number of aliphatic carboxylic acids is 1. The highest BCUT2D eigenvalue weighted by molar-refractivity contribution is 5.70. The van der Waals surface area contributed by atoms with Gasteiger partial charge in [0.25, 0.3) is 0 Å². The largest absolute Gasteiger partial charge is 0.481 e. The summed E-state index contributed by atoms with van der Waals surface area (Å²) in [4.78, 5) is 18.7. The highest BCUT2D eigenvalue weighted by atomic mass is 16.4. The Bertz CT molecular complexity index is 327. The Morgan fingerprint density at radius 2 is 2.31 bits per heavy atom. The molecule has 0 saturated carbocycles. The molecule has 0 radical (unpaired) electrons. The van der Waals surface area contributed by atoms with Crippen LogP contribution in [0.2, 0.25) is 0 Å². The molecule has 1 heterocycles. The van der Waals surface area contributed by atoms with Gasteiger partial charge in [-0.1, -0.05) is 13.8 Å². The van der Waals surface area contributed by atoms with Crippen molar-refractivity contribution in [1.82, 2.24) is 9.97 Å². The molecule has 16 heavy (non-hydrogen) atoms. The van der Waals surface area contributed by atoms with Gasteiger partial charge < -0.3 is 10.4 Å². The van der Waals surface area contributed by atoms with Gasteiger partial charge in [0.05, 0.1) is 5.92 Å². The second kappa shape index (κ2) is 6.05. The summed E-state index contributed by atoms with van der Waals surface area (Å²) in [7, 11) is 0. The first-order chi connectivity index (χ1) is 7.59. The first-order valence-electron chi connectivity index (χ1n) is 5.32. The zero-order valence-electron chi connectivity index (χ0n) is 9.55. The topological polar surface area (TPSA) is 75.1 Å². The Balaban J connectivity index is 2.47. The van der Waals surface area contributed by atoms with Crippen LogP contribution in [0.4, 0.5) is 5.82 Å². The van der Waals surface area contributed by atoms with Crippen molar-refractivity contribution in [3.8, 4) is 0 Å². The fraction of sp³-hybridized carbons (Fsp3) is 0.545. The molecule has 1 aromatic heterocycles. The van der Waals surface area contributed by atoms with Gasteiger partial charge >= 0.3 is 5.97 Å². The summed E-state index contributed by atoms with van der Waals surface area (Å²) in [6, 6.07) is 1.72. The lowest BCUT2D eigenvalue weighted by Gasteiger charge is -2.15. The van der Waals surface area contributed by atoms with Gasteiger partial charge in [-0.2, -0.15) is 0 Å². The minimum atomic E-state index is -0.768. The van der Waals surface area contributed by atoms with Crippen molar-refractivity contribution in [2.75, 3.05) is 11.9 Å². The highest BCUT2D eigenvalue weighted by Crippen LogP contribution is 2.12. The summed E-state index contributed by atoms with van der Waals surface area (Å²) < 4.78 is 0. The van der Waals surface area contributed by atoms with Gasteiger partial charge in [-0.15, -0.1) is 0 Å². The lowest BCUT2D eigenvalue weighted by molar-refractivity contribution is -0.141. The summed E-state index contributed by atoms with van der Waals surface area (Å²) >= 11 is 0. The molecule has 0 spiro atoms. The van der Waals surface area contributed by atoms with E-state index in [-0.39, 0.29) is 5.92 Å². The van der Waals surface area contributed by atoms with E-state index in [1.807, 2.05) is 13.8 Å². The molecule has 0 aliphatic heterocycles. The molecule has 1 unspecified atom stereocenters. The van der Waals surface area contributed by atoms with Crippen molar-refractivity contribution in [3.63, 3.8) is 0 Å². The maximum Gasteiger partial charge on any atom is 0.308 e. The van der Waals surface area contributed by atoms with Crippen LogP contribution in [0, 0.1) is 11.8 Å². The maximum atomic E-state index is 11.0. The smallest absolute Gasteiger partial charge is 0.308 e. The molecule has 0 aliphatic rings. The van der Waals surface area contributed by atoms with E-state index in [0.717, 1.165) is 0 Å². The second-order valence-corrected chi connectivity index (χ2v) is 4.14. The van der Waals surface area contributed by atoms with Crippen molar-refractivity contribution < 1.29 is 9.90 Å². The van der Waals surface area contributed by atoms with Crippen LogP contribution in [-0.4, -0.2) is 27.6 Å². The van der Waals surface area contributed by atoms with Gasteiger partial charge in [0.1, 0.15) is 12.1 Å². The summed E-state index contributed by atoms with van der Waals surface area (Å²) in [6.45, 7) is 4.42. The van der Waals surface area contributed by atoms with Gasteiger partial charge in [-0.05, 0) is 18.4 Å². The number of hydrogen-bond acceptors (Lipinski definition) is 4. The molecule has 1 rings (SSSR count). The third-order valence-electron chi connectivity index (χ3n) is 2.22. The van der Waals surface area contributed by atoms with Crippen molar-refractivity contribution in [2.24, 2.45) is 11.8 Å². The Labute approximate surface area is 94.9 Å². The molecule has 0 amide bonds. The SMILES string of the molecule is CC(C)CC(CNc1ccncn1)C(=O)O. The van der Waals surface area contributed by atoms with E-state index in [0.29, 0.717) is 24.7 Å². The molecule has 5 heteroatoms. The fourth-order valence-electron chi connectivity index (χ4n) is 1.46. The Kier molecular flexibility index (Phi) is 4.69. The number of carboxylic acid groups (broad SMARTS) is 1. The van der Waals surface area contributed by atoms with Crippen LogP contribution >= 0.6 is 0 Å². The van der Waals surface area contributed by atoms with Crippen molar-refractivity contribution in [1.29, 1.82) is 0 Å². The van der Waals surface area contributed by atoms with Crippen LogP contribution < -0.4 is 5.32 Å². The average molecular weight is 223 g/mol. The molecule has 0 aliphatic carbocycles. The van der Waals surface area contributed by atoms with E-state index in [4.69, 9.17) is 5.11 Å². The van der Waals surface area contributed by atoms with E-state index < -0.39 is 5.97 Å². The number of nitrogens with one attached hydrogen (secondary N) is 1. The van der Waals surface area contributed by atoms with Crippen molar-refractivity contribution >= 4 is 11.8 Å². The summed E-state index contributed by atoms with van der Waals surface area (Å²) in [5.41, 5.74) is 0. The maximum absolute atomic E-state index is 11.0. The molecule has 88 valence electrons. The number of hydrogen-bond donors (Lipinski definition) is 2. The predicted octanol–water partition coefficient (Wildman–Crippen LogP) is 1.64. The van der Waals surface area contributed by atoms with E-state index in [9.17, 15) is 4.79 Å². The molecule has 2 N–H and O–H groups in total. The fourth-order valence-corrected chi connectivity index (χ4v) is 1.46. The van der Waals surface area contributed by atoms with E-state index >= 15 is 0 Å². The Hall–Kier alpha value is -1.65. The standard InChI is InChI=1S/C11H17N3O2/c1-8(2)5-9(11(15)16)6-13-10-3-4-12-7-14-10/h3-4,7-9H,5-6H2,1-2H3,(H,15,16)(H,12,13,14). The molecular weight excluding hydrogens is 206 g/mol. The monoisotopic (exact) mass is 223 g/mol. The van der Waals surface area contributed by atoms with Gasteiger partial charge in [0.15, 0.2) is 0 Å². The number of carbonyl (C=O) groups is 1. The van der Waals surface area contributed by atoms with Crippen LogP contribution in [0.25, 0.3) is 0 Å². The minimum absolute atomic E-state index is 0.369. The Morgan fingerprint density at radius 3 is 2.81 bits per heavy atom. The molecule has 0 bridgehead atoms. The van der Waals surface area contributed by atoms with Gasteiger partial charge in [0, 0.05) is 12.7 Å². The molecule has 0 fully saturated rings. The highest BCUT2D eigenvalue weighted by Gasteiger charge is 2.18. The first-order valence-corrected chi connectivity index (χ1v) is 5.32. The van der Waals surface area contributed by atoms with Crippen LogP contribution in [0.15, 0.2) is 18.6 Å². The summed E-state index contributed by atoms with van der Waals surface area (Å²) in [5.74, 6) is -0.122. The van der Waals surface area contributed by atoms with Gasteiger partial charge in [-0.3, -0.25) is 4.79 Å². The second-order valence-electron chi connectivity index (χ2n) is 4.14. The molecule has 1 atom stereocenters. The lowest BCUT2D eigenvalue weighted by atomic mass is 9.97. The number of rotatable bonds is 6. The normalized spacial score (nSPS) is 12.4. The zero-order valence-corrected chi connectivity index (χ0v) is 9.55. The molecule has 0 aromatic carbocycles. The summed E-state index contributed by atoms with van der Waals surface area (Å²) in [6.07, 6.45) is 3.71. The number of aromatic nitrogens is 2. The third kappa shape index (κ3) is 4.25. The number of carboxylic acids is 1. The average Bonchev–Trinajstić information content (AvgIpc) is 2.25. The summed E-state index contributed by atoms with van der Waals surface area (Å²) in [5, 5.41) is 12.0. The lowest BCUT2D eigenvalue weighted by Crippen LogP contribution is -2.24. The van der Waals surface area contributed by atoms with Gasteiger partial charge in [0.2, 0.25) is 0 Å². The van der Waals surface area contributed by atoms with E-state index in [1.165, 1.54) is 6.33 Å². The molecule has 5 nitrogen and oxygen atoms in total. The molecular formula is C11H17N3O2. The van der Waals surface area contributed by atoms with Crippen molar-refractivity contribution in [2.45, 2.75) is 20.3 Å². The predicted molar refractivity (Wildman–Crippen MR) is 61.1 cm³/mol. The third-order valence-corrected chi connectivity index (χ3v) is 2.22. The number of nitrogens with zero attached hydrogens (tertiary/aromatic N) is 2. The number of anilines is 1. The van der Waals surface area contributed by atoms with Gasteiger partial charge in [-0.25, -0.2) is 9.97 Å². The van der Waals surface area contributed by atoms with Crippen molar-refractivity contribution in [3.05, 3.63) is 18.6 Å². The van der Waals surface area contributed by atoms with E-state index in [2.05, 4.69) is 15.3 Å². The van der Waals surface area contributed by atoms with E-state index in [1.54, 1.807) is 12.3 Å². The van der Waals surface area contributed by atoms with Crippen LogP contribution in [0.3, 0.4) is 0 Å². The zero-order chi connectivity index (χ0) is 12.0. The van der Waals surface area contributed by atoms with Crippen LogP contribution in [-0.2, 0) is 4.79 Å². The van der Waals surface area contributed by atoms with Crippen LogP contribution in [0.1, 0.15) is 20.3 Å².